The Morgan fingerprint density at radius 3 is 2.32 bits per heavy atom. The maximum Gasteiger partial charge on any atom is 0.201 e. The monoisotopic (exact) mass is 268 g/mol. The lowest BCUT2D eigenvalue weighted by Gasteiger charge is -2.12. The summed E-state index contributed by atoms with van der Waals surface area (Å²) in [7, 11) is 1.30. The number of hydrogen-bond acceptors (Lipinski definition) is 2. The third kappa shape index (κ3) is 2.78. The molecule has 2 aromatic rings. The van der Waals surface area contributed by atoms with Gasteiger partial charge in [0, 0.05) is 5.39 Å². The molecule has 0 spiro atoms. The van der Waals surface area contributed by atoms with Crippen LogP contribution in [-0.4, -0.2) is 12.2 Å². The first-order valence-corrected chi connectivity index (χ1v) is 6.26. The highest BCUT2D eigenvalue weighted by atomic mass is 19.2. The number of hydrogen-bond donors (Lipinski definition) is 1. The average Bonchev–Trinajstić information content (AvgIpc) is 2.42. The van der Waals surface area contributed by atoms with Crippen LogP contribution in [-0.2, 0) is 6.42 Å². The highest BCUT2D eigenvalue weighted by molar-refractivity contribution is 5.92. The van der Waals surface area contributed by atoms with E-state index in [1.807, 2.05) is 20.8 Å². The Morgan fingerprint density at radius 2 is 1.79 bits per heavy atom. The molecule has 0 bridgehead atoms. The van der Waals surface area contributed by atoms with Crippen LogP contribution >= 0.6 is 0 Å². The normalized spacial score (nSPS) is 10.0. The molecule has 4 heteroatoms. The molecule has 2 rings (SSSR count). The molecule has 0 aliphatic carbocycles. The van der Waals surface area contributed by atoms with Crippen molar-refractivity contribution >= 4 is 10.8 Å². The lowest BCUT2D eigenvalue weighted by atomic mass is 10.0. The van der Waals surface area contributed by atoms with Crippen molar-refractivity contribution in [2.24, 2.45) is 0 Å². The second-order valence-electron chi connectivity index (χ2n) is 3.76. The molecular formula is C15H18F2O2. The molecule has 2 aromatic carbocycles. The number of fused-ring (bicyclic) bond motifs is 1. The van der Waals surface area contributed by atoms with E-state index in [2.05, 4.69) is 0 Å². The van der Waals surface area contributed by atoms with Gasteiger partial charge in [-0.3, -0.25) is 0 Å². The van der Waals surface area contributed by atoms with Gasteiger partial charge in [-0.05, 0) is 35.6 Å². The molecular weight excluding hydrogens is 250 g/mol. The molecule has 104 valence electrons. The van der Waals surface area contributed by atoms with Gasteiger partial charge in [0.15, 0.2) is 11.6 Å². The van der Waals surface area contributed by atoms with Crippen LogP contribution in [0.1, 0.15) is 26.3 Å². The molecule has 0 radical (unpaired) electrons. The van der Waals surface area contributed by atoms with E-state index < -0.39 is 11.6 Å². The van der Waals surface area contributed by atoms with Gasteiger partial charge >= 0.3 is 0 Å². The summed E-state index contributed by atoms with van der Waals surface area (Å²) >= 11 is 0. The zero-order valence-corrected chi connectivity index (χ0v) is 11.6. The zero-order valence-electron chi connectivity index (χ0n) is 11.6. The summed E-state index contributed by atoms with van der Waals surface area (Å²) < 4.78 is 31.8. The number of phenolic OH excluding ortho intramolecular Hbond substituents is 1. The van der Waals surface area contributed by atoms with Crippen molar-refractivity contribution < 1.29 is 18.6 Å². The van der Waals surface area contributed by atoms with Crippen molar-refractivity contribution in [3.8, 4) is 11.5 Å². The number of aromatic hydroxyl groups is 1. The summed E-state index contributed by atoms with van der Waals surface area (Å²) in [4.78, 5) is 0. The Balaban J connectivity index is 0.000000861. The van der Waals surface area contributed by atoms with Gasteiger partial charge in [-0.15, -0.1) is 0 Å². The summed E-state index contributed by atoms with van der Waals surface area (Å²) in [5.74, 6) is -2.07. The number of ether oxygens (including phenoxy) is 1. The third-order valence-electron chi connectivity index (χ3n) is 2.74. The summed E-state index contributed by atoms with van der Waals surface area (Å²) in [6.07, 6.45) is 0.590. The standard InChI is InChI=1S/C13H12F2O2.C2H6/c1-3-7-4-9(16)5-8-6-10(14)12(15)13(17-2)11(7)8;1-2/h4-6,16H,3H2,1-2H3;1-2H3. The molecule has 0 unspecified atom stereocenters. The van der Waals surface area contributed by atoms with Crippen molar-refractivity contribution in [1.82, 2.24) is 0 Å². The molecule has 1 N–H and O–H groups in total. The SMILES string of the molecule is CC.CCc1cc(O)cc2cc(F)c(F)c(OC)c12. The molecule has 0 heterocycles. The second-order valence-corrected chi connectivity index (χ2v) is 3.76. The fourth-order valence-electron chi connectivity index (χ4n) is 1.99. The Bertz CT molecular complexity index is 580. The second kappa shape index (κ2) is 6.36. The van der Waals surface area contributed by atoms with E-state index in [4.69, 9.17) is 4.74 Å². The topological polar surface area (TPSA) is 29.5 Å². The van der Waals surface area contributed by atoms with Gasteiger partial charge in [-0.25, -0.2) is 4.39 Å². The summed E-state index contributed by atoms with van der Waals surface area (Å²) in [5, 5.41) is 10.4. The largest absolute Gasteiger partial charge is 0.508 e. The first kappa shape index (κ1) is 15.2. The van der Waals surface area contributed by atoms with Crippen LogP contribution in [0.25, 0.3) is 10.8 Å². The van der Waals surface area contributed by atoms with Gasteiger partial charge in [-0.1, -0.05) is 20.8 Å². The molecule has 0 atom stereocenters. The molecule has 2 nitrogen and oxygen atoms in total. The van der Waals surface area contributed by atoms with Crippen molar-refractivity contribution in [2.75, 3.05) is 7.11 Å². The van der Waals surface area contributed by atoms with Crippen LogP contribution in [0, 0.1) is 11.6 Å². The van der Waals surface area contributed by atoms with E-state index in [-0.39, 0.29) is 11.5 Å². The van der Waals surface area contributed by atoms with Crippen molar-refractivity contribution in [3.05, 3.63) is 35.4 Å². The number of methoxy groups -OCH3 is 1. The number of benzene rings is 2. The maximum absolute atomic E-state index is 13.6. The number of aryl methyl sites for hydroxylation is 1. The summed E-state index contributed by atoms with van der Waals surface area (Å²) in [6.45, 7) is 5.87. The summed E-state index contributed by atoms with van der Waals surface area (Å²) in [5.41, 5.74) is 0.718. The average molecular weight is 268 g/mol. The maximum atomic E-state index is 13.6. The van der Waals surface area contributed by atoms with E-state index in [1.54, 1.807) is 0 Å². The van der Waals surface area contributed by atoms with Gasteiger partial charge in [0.1, 0.15) is 5.75 Å². The summed E-state index contributed by atoms with van der Waals surface area (Å²) in [6, 6.07) is 3.98. The van der Waals surface area contributed by atoms with Crippen LogP contribution in [0.3, 0.4) is 0 Å². The first-order chi connectivity index (χ1) is 9.08. The fraction of sp³-hybridized carbons (Fsp3) is 0.333. The lowest BCUT2D eigenvalue weighted by molar-refractivity contribution is 0.377. The van der Waals surface area contributed by atoms with E-state index in [0.717, 1.165) is 11.6 Å². The Morgan fingerprint density at radius 1 is 1.16 bits per heavy atom. The van der Waals surface area contributed by atoms with Crippen LogP contribution in [0.15, 0.2) is 18.2 Å². The predicted molar refractivity (Wildman–Crippen MR) is 72.8 cm³/mol. The molecule has 0 saturated carbocycles. The van der Waals surface area contributed by atoms with Crippen LogP contribution in [0.4, 0.5) is 8.78 Å². The molecule has 0 fully saturated rings. The minimum Gasteiger partial charge on any atom is -0.508 e. The van der Waals surface area contributed by atoms with Gasteiger partial charge in [0.05, 0.1) is 7.11 Å². The lowest BCUT2D eigenvalue weighted by Crippen LogP contribution is -1.96. The van der Waals surface area contributed by atoms with Crippen LogP contribution < -0.4 is 4.74 Å². The van der Waals surface area contributed by atoms with Crippen LogP contribution in [0.5, 0.6) is 11.5 Å². The highest BCUT2D eigenvalue weighted by Gasteiger charge is 2.17. The third-order valence-corrected chi connectivity index (χ3v) is 2.74. The number of phenols is 1. The quantitative estimate of drug-likeness (QED) is 0.873. The molecule has 0 aliphatic heterocycles. The zero-order chi connectivity index (χ0) is 14.6. The van der Waals surface area contributed by atoms with Gasteiger partial charge in [-0.2, -0.15) is 4.39 Å². The van der Waals surface area contributed by atoms with Crippen molar-refractivity contribution in [3.63, 3.8) is 0 Å². The Hall–Kier alpha value is -1.84. The molecule has 0 saturated heterocycles. The predicted octanol–water partition coefficient (Wildman–Crippen LogP) is 4.42. The van der Waals surface area contributed by atoms with Crippen LogP contribution in [0.2, 0.25) is 0 Å². The molecule has 0 aliphatic rings. The smallest absolute Gasteiger partial charge is 0.201 e. The minimum absolute atomic E-state index is 0.0300. The minimum atomic E-state index is -1.000. The van der Waals surface area contributed by atoms with Gasteiger partial charge < -0.3 is 9.84 Å². The van der Waals surface area contributed by atoms with E-state index in [0.29, 0.717) is 17.2 Å². The van der Waals surface area contributed by atoms with E-state index in [1.165, 1.54) is 19.2 Å². The van der Waals surface area contributed by atoms with Gasteiger partial charge in [0.2, 0.25) is 5.82 Å². The van der Waals surface area contributed by atoms with Crippen molar-refractivity contribution in [2.45, 2.75) is 27.2 Å². The molecule has 0 aromatic heterocycles. The van der Waals surface area contributed by atoms with E-state index >= 15 is 0 Å². The molecule has 0 amide bonds. The van der Waals surface area contributed by atoms with E-state index in [9.17, 15) is 13.9 Å². The van der Waals surface area contributed by atoms with Gasteiger partial charge in [0.25, 0.3) is 0 Å². The Kier molecular flexibility index (Phi) is 5.10. The fourth-order valence-corrected chi connectivity index (χ4v) is 1.99. The Labute approximate surface area is 111 Å². The highest BCUT2D eigenvalue weighted by Crippen LogP contribution is 2.35. The number of rotatable bonds is 2. The number of halogens is 2. The molecule has 19 heavy (non-hydrogen) atoms. The first-order valence-electron chi connectivity index (χ1n) is 6.26. The van der Waals surface area contributed by atoms with Crippen molar-refractivity contribution in [1.29, 1.82) is 0 Å².